The van der Waals surface area contributed by atoms with E-state index in [0.29, 0.717) is 35.9 Å². The first kappa shape index (κ1) is 20.9. The molecule has 0 radical (unpaired) electrons. The summed E-state index contributed by atoms with van der Waals surface area (Å²) in [6.45, 7) is 2.20. The van der Waals surface area contributed by atoms with Crippen molar-refractivity contribution in [3.63, 3.8) is 0 Å². The van der Waals surface area contributed by atoms with E-state index in [9.17, 15) is 9.59 Å². The van der Waals surface area contributed by atoms with Gasteiger partial charge in [0.05, 0.1) is 7.11 Å². The van der Waals surface area contributed by atoms with Crippen LogP contribution < -0.4 is 20.1 Å². The third-order valence-electron chi connectivity index (χ3n) is 4.36. The van der Waals surface area contributed by atoms with Gasteiger partial charge in [-0.1, -0.05) is 42.5 Å². The van der Waals surface area contributed by atoms with Crippen molar-refractivity contribution in [1.29, 1.82) is 0 Å². The van der Waals surface area contributed by atoms with Crippen molar-refractivity contribution in [1.82, 2.24) is 5.32 Å². The molecule has 0 saturated heterocycles. The minimum Gasteiger partial charge on any atom is -0.493 e. The average Bonchev–Trinajstić information content (AvgIpc) is 2.76. The summed E-state index contributed by atoms with van der Waals surface area (Å²) in [5.41, 5.74) is 3.00. The Morgan fingerprint density at radius 2 is 1.67 bits per heavy atom. The normalized spacial score (nSPS) is 10.2. The Morgan fingerprint density at radius 3 is 2.40 bits per heavy atom. The molecule has 3 rings (SSSR count). The molecular formula is C24H24N2O4. The van der Waals surface area contributed by atoms with E-state index in [4.69, 9.17) is 9.47 Å². The van der Waals surface area contributed by atoms with Gasteiger partial charge in [0.1, 0.15) is 6.61 Å². The van der Waals surface area contributed by atoms with Gasteiger partial charge in [-0.25, -0.2) is 0 Å². The molecule has 0 aliphatic rings. The molecule has 0 aliphatic carbocycles. The third-order valence-corrected chi connectivity index (χ3v) is 4.36. The lowest BCUT2D eigenvalue weighted by Crippen LogP contribution is -2.23. The number of hydrogen-bond donors (Lipinski definition) is 2. The molecule has 0 saturated carbocycles. The van der Waals surface area contributed by atoms with E-state index >= 15 is 0 Å². The Balaban J connectivity index is 1.61. The van der Waals surface area contributed by atoms with Gasteiger partial charge in [0, 0.05) is 24.7 Å². The first-order chi connectivity index (χ1) is 14.5. The molecule has 0 spiro atoms. The van der Waals surface area contributed by atoms with Gasteiger partial charge in [0.2, 0.25) is 5.91 Å². The highest BCUT2D eigenvalue weighted by atomic mass is 16.5. The quantitative estimate of drug-likeness (QED) is 0.591. The first-order valence-electron chi connectivity index (χ1n) is 9.54. The number of benzene rings is 3. The molecule has 6 nitrogen and oxygen atoms in total. The highest BCUT2D eigenvalue weighted by molar-refractivity contribution is 5.96. The van der Waals surface area contributed by atoms with Crippen LogP contribution in [0.2, 0.25) is 0 Å². The lowest BCUT2D eigenvalue weighted by atomic mass is 10.1. The van der Waals surface area contributed by atoms with Crippen LogP contribution in [0.15, 0.2) is 72.8 Å². The minimum atomic E-state index is -0.231. The summed E-state index contributed by atoms with van der Waals surface area (Å²) in [7, 11) is 1.58. The van der Waals surface area contributed by atoms with Crippen LogP contribution in [0, 0.1) is 0 Å². The van der Waals surface area contributed by atoms with E-state index in [-0.39, 0.29) is 11.8 Å². The molecule has 0 aliphatic heterocycles. The molecule has 2 amide bonds. The lowest BCUT2D eigenvalue weighted by molar-refractivity contribution is -0.114. The maximum absolute atomic E-state index is 12.5. The lowest BCUT2D eigenvalue weighted by Gasteiger charge is -2.13. The number of hydrogen-bond acceptors (Lipinski definition) is 4. The zero-order chi connectivity index (χ0) is 21.3. The predicted molar refractivity (Wildman–Crippen MR) is 116 cm³/mol. The van der Waals surface area contributed by atoms with Crippen LogP contribution in [-0.4, -0.2) is 18.9 Å². The third kappa shape index (κ3) is 5.85. The monoisotopic (exact) mass is 404 g/mol. The molecule has 0 fully saturated rings. The van der Waals surface area contributed by atoms with Crippen LogP contribution in [0.25, 0.3) is 0 Å². The number of nitrogens with one attached hydrogen (secondary N) is 2. The van der Waals surface area contributed by atoms with Crippen molar-refractivity contribution < 1.29 is 19.1 Å². The van der Waals surface area contributed by atoms with Crippen molar-refractivity contribution in [2.45, 2.75) is 20.1 Å². The van der Waals surface area contributed by atoms with Gasteiger partial charge in [-0.3, -0.25) is 9.59 Å². The molecule has 3 aromatic rings. The number of carbonyl (C=O) groups excluding carboxylic acids is 2. The largest absolute Gasteiger partial charge is 0.493 e. The Kier molecular flexibility index (Phi) is 7.05. The van der Waals surface area contributed by atoms with Gasteiger partial charge in [-0.05, 0) is 41.5 Å². The molecular weight excluding hydrogens is 380 g/mol. The van der Waals surface area contributed by atoms with E-state index in [2.05, 4.69) is 10.6 Å². The van der Waals surface area contributed by atoms with Crippen molar-refractivity contribution in [3.8, 4) is 11.5 Å². The van der Waals surface area contributed by atoms with Crippen LogP contribution in [-0.2, 0) is 17.9 Å². The van der Waals surface area contributed by atoms with Crippen LogP contribution in [0.3, 0.4) is 0 Å². The van der Waals surface area contributed by atoms with Crippen molar-refractivity contribution >= 4 is 17.5 Å². The molecule has 30 heavy (non-hydrogen) atoms. The zero-order valence-corrected chi connectivity index (χ0v) is 17.0. The second kappa shape index (κ2) is 10.1. The van der Waals surface area contributed by atoms with Gasteiger partial charge in [-0.15, -0.1) is 0 Å². The smallest absolute Gasteiger partial charge is 0.251 e. The number of amides is 2. The SMILES string of the molecule is COc1cc(CNC(=O)c2cccc(NC(C)=O)c2)ccc1OCc1ccccc1. The van der Waals surface area contributed by atoms with Crippen molar-refractivity contribution in [2.75, 3.05) is 12.4 Å². The summed E-state index contributed by atoms with van der Waals surface area (Å²) in [6.07, 6.45) is 0. The summed E-state index contributed by atoms with van der Waals surface area (Å²) >= 11 is 0. The van der Waals surface area contributed by atoms with E-state index in [1.807, 2.05) is 48.5 Å². The van der Waals surface area contributed by atoms with E-state index in [1.54, 1.807) is 31.4 Å². The number of rotatable bonds is 8. The first-order valence-corrected chi connectivity index (χ1v) is 9.54. The topological polar surface area (TPSA) is 76.7 Å². The van der Waals surface area contributed by atoms with E-state index in [1.165, 1.54) is 6.92 Å². The number of ether oxygens (including phenoxy) is 2. The van der Waals surface area contributed by atoms with Crippen LogP contribution in [0.4, 0.5) is 5.69 Å². The highest BCUT2D eigenvalue weighted by Crippen LogP contribution is 2.29. The van der Waals surface area contributed by atoms with Crippen LogP contribution in [0.1, 0.15) is 28.4 Å². The summed E-state index contributed by atoms with van der Waals surface area (Å²) < 4.78 is 11.3. The molecule has 0 atom stereocenters. The molecule has 3 aromatic carbocycles. The number of anilines is 1. The second-order valence-electron chi connectivity index (χ2n) is 6.70. The molecule has 0 bridgehead atoms. The Hall–Kier alpha value is -3.80. The molecule has 154 valence electrons. The van der Waals surface area contributed by atoms with Crippen molar-refractivity contribution in [3.05, 3.63) is 89.5 Å². The molecule has 0 heterocycles. The van der Waals surface area contributed by atoms with E-state index < -0.39 is 0 Å². The number of carbonyl (C=O) groups is 2. The van der Waals surface area contributed by atoms with E-state index in [0.717, 1.165) is 11.1 Å². The summed E-state index contributed by atoms with van der Waals surface area (Å²) in [5, 5.41) is 5.55. The van der Waals surface area contributed by atoms with Gasteiger partial charge in [0.25, 0.3) is 5.91 Å². The zero-order valence-electron chi connectivity index (χ0n) is 17.0. The molecule has 2 N–H and O–H groups in total. The average molecular weight is 404 g/mol. The molecule has 0 unspecified atom stereocenters. The Labute approximate surface area is 175 Å². The molecule has 0 aromatic heterocycles. The minimum absolute atomic E-state index is 0.186. The highest BCUT2D eigenvalue weighted by Gasteiger charge is 2.10. The van der Waals surface area contributed by atoms with Gasteiger partial charge in [-0.2, -0.15) is 0 Å². The fraction of sp³-hybridized carbons (Fsp3) is 0.167. The van der Waals surface area contributed by atoms with Gasteiger partial charge >= 0.3 is 0 Å². The second-order valence-corrected chi connectivity index (χ2v) is 6.70. The summed E-state index contributed by atoms with van der Waals surface area (Å²) in [6, 6.07) is 22.2. The molecule has 6 heteroatoms. The maximum atomic E-state index is 12.5. The van der Waals surface area contributed by atoms with Gasteiger partial charge in [0.15, 0.2) is 11.5 Å². The fourth-order valence-electron chi connectivity index (χ4n) is 2.90. The van der Waals surface area contributed by atoms with Gasteiger partial charge < -0.3 is 20.1 Å². The number of methoxy groups -OCH3 is 1. The fourth-order valence-corrected chi connectivity index (χ4v) is 2.90. The summed E-state index contributed by atoms with van der Waals surface area (Å²) in [4.78, 5) is 23.6. The standard InChI is InChI=1S/C24H24N2O4/c1-17(27)26-21-10-6-9-20(14-21)24(28)25-15-19-11-12-22(23(13-19)29-2)30-16-18-7-4-3-5-8-18/h3-14H,15-16H2,1-2H3,(H,25,28)(H,26,27). The summed E-state index contributed by atoms with van der Waals surface area (Å²) in [5.74, 6) is 0.824. The van der Waals surface area contributed by atoms with Crippen LogP contribution in [0.5, 0.6) is 11.5 Å². The van der Waals surface area contributed by atoms with Crippen LogP contribution >= 0.6 is 0 Å². The predicted octanol–water partition coefficient (Wildman–Crippen LogP) is 4.16. The maximum Gasteiger partial charge on any atom is 0.251 e. The van der Waals surface area contributed by atoms with Crippen molar-refractivity contribution in [2.24, 2.45) is 0 Å². The Bertz CT molecular complexity index is 1020. The Morgan fingerprint density at radius 1 is 0.867 bits per heavy atom.